The molecule has 6 heteroatoms. The van der Waals surface area contributed by atoms with Crippen LogP contribution in [0.4, 0.5) is 4.39 Å². The molecule has 0 bridgehead atoms. The van der Waals surface area contributed by atoms with Gasteiger partial charge in [-0.25, -0.2) is 9.37 Å². The second kappa shape index (κ2) is 8.21. The van der Waals surface area contributed by atoms with Crippen molar-refractivity contribution >= 4 is 17.5 Å². The Morgan fingerprint density at radius 3 is 2.73 bits per heavy atom. The maximum Gasteiger partial charge on any atom is 0.227 e. The molecule has 0 radical (unpaired) electrons. The molecule has 1 aromatic carbocycles. The molecular formula is C20H25ClFN3O. The number of hydrogen-bond acceptors (Lipinski definition) is 2. The number of amides is 1. The van der Waals surface area contributed by atoms with Gasteiger partial charge >= 0.3 is 0 Å². The molecule has 1 aliphatic rings. The molecular weight excluding hydrogens is 353 g/mol. The molecule has 4 nitrogen and oxygen atoms in total. The number of hydrogen-bond donors (Lipinski definition) is 0. The van der Waals surface area contributed by atoms with E-state index in [-0.39, 0.29) is 12.3 Å². The zero-order chi connectivity index (χ0) is 18.7. The van der Waals surface area contributed by atoms with Gasteiger partial charge in [0, 0.05) is 48.5 Å². The normalized spacial score (nSPS) is 15.7. The summed E-state index contributed by atoms with van der Waals surface area (Å²) >= 11 is 6.04. The van der Waals surface area contributed by atoms with Gasteiger partial charge in [-0.05, 0) is 30.9 Å². The maximum absolute atomic E-state index is 13.9. The Morgan fingerprint density at radius 2 is 2.08 bits per heavy atom. The van der Waals surface area contributed by atoms with E-state index in [1.807, 2.05) is 17.3 Å². The lowest BCUT2D eigenvalue weighted by atomic mass is 9.96. The number of imidazole rings is 1. The van der Waals surface area contributed by atoms with Crippen molar-refractivity contribution in [3.8, 4) is 0 Å². The quantitative estimate of drug-likeness (QED) is 0.780. The van der Waals surface area contributed by atoms with Gasteiger partial charge in [0.2, 0.25) is 5.91 Å². The average Bonchev–Trinajstić information content (AvgIpc) is 3.07. The first-order chi connectivity index (χ1) is 12.5. The van der Waals surface area contributed by atoms with E-state index in [1.165, 1.54) is 6.07 Å². The van der Waals surface area contributed by atoms with Crippen LogP contribution in [-0.4, -0.2) is 33.4 Å². The molecule has 1 saturated heterocycles. The van der Waals surface area contributed by atoms with Crippen molar-refractivity contribution in [2.45, 2.75) is 45.6 Å². The fourth-order valence-electron chi connectivity index (χ4n) is 3.58. The van der Waals surface area contributed by atoms with Gasteiger partial charge in [0.05, 0.1) is 6.42 Å². The summed E-state index contributed by atoms with van der Waals surface area (Å²) in [4.78, 5) is 18.8. The molecule has 0 spiro atoms. The average molecular weight is 378 g/mol. The van der Waals surface area contributed by atoms with E-state index < -0.39 is 5.82 Å². The number of rotatable bonds is 5. The minimum atomic E-state index is -0.415. The van der Waals surface area contributed by atoms with Gasteiger partial charge in [-0.3, -0.25) is 4.79 Å². The Morgan fingerprint density at radius 1 is 1.35 bits per heavy atom. The number of likely N-dealkylation sites (tertiary alicyclic amines) is 1. The molecule has 1 amide bonds. The summed E-state index contributed by atoms with van der Waals surface area (Å²) in [5, 5.41) is 0.314. The van der Waals surface area contributed by atoms with Crippen LogP contribution >= 0.6 is 11.6 Å². The molecule has 2 aromatic rings. The predicted molar refractivity (Wildman–Crippen MR) is 101 cm³/mol. The molecule has 1 aromatic heterocycles. The van der Waals surface area contributed by atoms with Gasteiger partial charge in [-0.2, -0.15) is 0 Å². The van der Waals surface area contributed by atoms with Crippen molar-refractivity contribution < 1.29 is 9.18 Å². The summed E-state index contributed by atoms with van der Waals surface area (Å²) < 4.78 is 16.1. The monoisotopic (exact) mass is 377 g/mol. The van der Waals surface area contributed by atoms with Gasteiger partial charge in [-0.1, -0.05) is 31.5 Å². The molecule has 0 unspecified atom stereocenters. The highest BCUT2D eigenvalue weighted by Gasteiger charge is 2.25. The third kappa shape index (κ3) is 4.26. The number of piperidine rings is 1. The standard InChI is InChI=1S/C20H25ClFN3O/c1-14(2)20-23-8-11-25(20)13-15-6-9-24(10-7-15)19(26)12-16-17(21)4-3-5-18(16)22/h3-5,8,11,14-15H,6-7,9-10,12-13H2,1-2H3. The third-order valence-electron chi connectivity index (χ3n) is 5.08. The lowest BCUT2D eigenvalue weighted by Gasteiger charge is -2.32. The van der Waals surface area contributed by atoms with Gasteiger partial charge in [0.15, 0.2) is 0 Å². The van der Waals surface area contributed by atoms with E-state index in [0.717, 1.165) is 25.2 Å². The van der Waals surface area contributed by atoms with E-state index >= 15 is 0 Å². The van der Waals surface area contributed by atoms with Crippen LogP contribution in [-0.2, 0) is 17.8 Å². The Hall–Kier alpha value is -1.88. The number of carbonyl (C=O) groups excluding carboxylic acids is 1. The Bertz CT molecular complexity index is 746. The van der Waals surface area contributed by atoms with Crippen molar-refractivity contribution in [1.29, 1.82) is 0 Å². The van der Waals surface area contributed by atoms with Crippen LogP contribution < -0.4 is 0 Å². The second-order valence-corrected chi connectivity index (χ2v) is 7.70. The van der Waals surface area contributed by atoms with Crippen LogP contribution in [0.15, 0.2) is 30.6 Å². The molecule has 3 rings (SSSR count). The van der Waals surface area contributed by atoms with Gasteiger partial charge < -0.3 is 9.47 Å². The highest BCUT2D eigenvalue weighted by Crippen LogP contribution is 2.24. The summed E-state index contributed by atoms with van der Waals surface area (Å²) in [7, 11) is 0. The second-order valence-electron chi connectivity index (χ2n) is 7.29. The molecule has 0 aliphatic carbocycles. The number of benzene rings is 1. The molecule has 0 N–H and O–H groups in total. The van der Waals surface area contributed by atoms with Gasteiger partial charge in [0.1, 0.15) is 11.6 Å². The maximum atomic E-state index is 13.9. The van der Waals surface area contributed by atoms with Crippen LogP contribution in [0.5, 0.6) is 0 Å². The number of carbonyl (C=O) groups is 1. The smallest absolute Gasteiger partial charge is 0.227 e. The van der Waals surface area contributed by atoms with Crippen molar-refractivity contribution in [1.82, 2.24) is 14.5 Å². The summed E-state index contributed by atoms with van der Waals surface area (Å²) in [6.45, 7) is 6.65. The van der Waals surface area contributed by atoms with Crippen LogP contribution in [0.2, 0.25) is 5.02 Å². The molecule has 1 aliphatic heterocycles. The number of halogens is 2. The fourth-order valence-corrected chi connectivity index (χ4v) is 3.81. The van der Waals surface area contributed by atoms with Crippen molar-refractivity contribution in [2.75, 3.05) is 13.1 Å². The topological polar surface area (TPSA) is 38.1 Å². The van der Waals surface area contributed by atoms with Gasteiger partial charge in [0.25, 0.3) is 0 Å². The van der Waals surface area contributed by atoms with Crippen molar-refractivity contribution in [3.05, 3.63) is 52.8 Å². The summed E-state index contributed by atoms with van der Waals surface area (Å²) in [5.41, 5.74) is 0.293. The Labute approximate surface area is 159 Å². The first-order valence-electron chi connectivity index (χ1n) is 9.17. The lowest BCUT2D eigenvalue weighted by molar-refractivity contribution is -0.131. The van der Waals surface area contributed by atoms with Crippen LogP contribution in [0.1, 0.15) is 44.0 Å². The Kier molecular flexibility index (Phi) is 5.97. The van der Waals surface area contributed by atoms with E-state index in [9.17, 15) is 9.18 Å². The van der Waals surface area contributed by atoms with E-state index in [0.29, 0.717) is 35.5 Å². The zero-order valence-electron chi connectivity index (χ0n) is 15.3. The van der Waals surface area contributed by atoms with Crippen LogP contribution in [0.25, 0.3) is 0 Å². The number of aromatic nitrogens is 2. The molecule has 2 heterocycles. The van der Waals surface area contributed by atoms with E-state index in [1.54, 1.807) is 12.1 Å². The first kappa shape index (κ1) is 18.9. The van der Waals surface area contributed by atoms with Crippen LogP contribution in [0, 0.1) is 11.7 Å². The largest absolute Gasteiger partial charge is 0.342 e. The van der Waals surface area contributed by atoms with E-state index in [4.69, 9.17) is 11.6 Å². The highest BCUT2D eigenvalue weighted by atomic mass is 35.5. The third-order valence-corrected chi connectivity index (χ3v) is 5.43. The van der Waals surface area contributed by atoms with E-state index in [2.05, 4.69) is 23.4 Å². The molecule has 0 atom stereocenters. The zero-order valence-corrected chi connectivity index (χ0v) is 16.0. The molecule has 0 saturated carbocycles. The molecule has 140 valence electrons. The predicted octanol–water partition coefficient (Wildman–Crippen LogP) is 4.28. The van der Waals surface area contributed by atoms with Gasteiger partial charge in [-0.15, -0.1) is 0 Å². The van der Waals surface area contributed by atoms with Crippen molar-refractivity contribution in [3.63, 3.8) is 0 Å². The molecule has 1 fully saturated rings. The summed E-state index contributed by atoms with van der Waals surface area (Å²) in [5.74, 6) is 1.57. The number of nitrogens with zero attached hydrogens (tertiary/aromatic N) is 3. The highest BCUT2D eigenvalue weighted by molar-refractivity contribution is 6.31. The first-order valence-corrected chi connectivity index (χ1v) is 9.55. The van der Waals surface area contributed by atoms with Crippen LogP contribution in [0.3, 0.4) is 0 Å². The SMILES string of the molecule is CC(C)c1nccn1CC1CCN(C(=O)Cc2c(F)cccc2Cl)CC1. The summed E-state index contributed by atoms with van der Waals surface area (Å²) in [6, 6.07) is 4.52. The van der Waals surface area contributed by atoms with Crippen molar-refractivity contribution in [2.24, 2.45) is 5.92 Å². The molecule has 26 heavy (non-hydrogen) atoms. The summed E-state index contributed by atoms with van der Waals surface area (Å²) in [6.07, 6.45) is 5.81. The lowest BCUT2D eigenvalue weighted by Crippen LogP contribution is -2.40. The Balaban J connectivity index is 1.55. The minimum Gasteiger partial charge on any atom is -0.342 e. The minimum absolute atomic E-state index is 0.0230. The fraction of sp³-hybridized carbons (Fsp3) is 0.500.